The number of benzene rings is 1. The Morgan fingerprint density at radius 2 is 2.00 bits per heavy atom. The number of rotatable bonds is 2. The third kappa shape index (κ3) is 2.47. The lowest BCUT2D eigenvalue weighted by molar-refractivity contribution is -0.136. The van der Waals surface area contributed by atoms with Crippen molar-refractivity contribution in [1.29, 1.82) is 0 Å². The van der Waals surface area contributed by atoms with Gasteiger partial charge in [-0.15, -0.1) is 0 Å². The lowest BCUT2D eigenvalue weighted by Crippen LogP contribution is -2.52. The normalized spacial score (nSPS) is 21.0. The molecule has 22 heavy (non-hydrogen) atoms. The fourth-order valence-electron chi connectivity index (χ4n) is 2.92. The molecule has 0 saturated carbocycles. The van der Waals surface area contributed by atoms with Crippen molar-refractivity contribution in [2.45, 2.75) is 25.4 Å². The highest BCUT2D eigenvalue weighted by atomic mass is 127. The molecule has 1 unspecified atom stereocenters. The van der Waals surface area contributed by atoms with Gasteiger partial charge >= 0.3 is 0 Å². The molecule has 7 heteroatoms. The number of anilines is 1. The quantitative estimate of drug-likeness (QED) is 0.583. The van der Waals surface area contributed by atoms with Crippen LogP contribution in [0.2, 0.25) is 0 Å². The van der Waals surface area contributed by atoms with Crippen LogP contribution in [-0.2, 0) is 16.1 Å². The van der Waals surface area contributed by atoms with E-state index in [0.717, 1.165) is 14.8 Å². The van der Waals surface area contributed by atoms with Crippen LogP contribution in [0.15, 0.2) is 12.1 Å². The van der Waals surface area contributed by atoms with Gasteiger partial charge in [0.15, 0.2) is 0 Å². The van der Waals surface area contributed by atoms with Gasteiger partial charge in [0.1, 0.15) is 6.04 Å². The molecule has 1 aromatic rings. The van der Waals surface area contributed by atoms with E-state index in [1.807, 2.05) is 31.1 Å². The van der Waals surface area contributed by atoms with Crippen molar-refractivity contribution in [2.24, 2.45) is 0 Å². The summed E-state index contributed by atoms with van der Waals surface area (Å²) in [5, 5.41) is 2.31. The Hall–Kier alpha value is -1.64. The molecule has 1 N–H and O–H groups in total. The first kappa shape index (κ1) is 15.3. The molecule has 3 amide bonds. The van der Waals surface area contributed by atoms with Crippen LogP contribution in [0.4, 0.5) is 5.69 Å². The summed E-state index contributed by atoms with van der Waals surface area (Å²) in [4.78, 5) is 39.4. The minimum Gasteiger partial charge on any atom is -0.377 e. The van der Waals surface area contributed by atoms with Crippen molar-refractivity contribution in [3.63, 3.8) is 0 Å². The van der Waals surface area contributed by atoms with Gasteiger partial charge in [-0.2, -0.15) is 0 Å². The van der Waals surface area contributed by atoms with Gasteiger partial charge in [-0.3, -0.25) is 19.7 Å². The Bertz CT molecular complexity index is 687. The van der Waals surface area contributed by atoms with Crippen LogP contribution in [0.1, 0.15) is 28.8 Å². The van der Waals surface area contributed by atoms with Crippen molar-refractivity contribution in [2.75, 3.05) is 19.0 Å². The molecule has 2 heterocycles. The van der Waals surface area contributed by atoms with Gasteiger partial charge in [0.25, 0.3) is 5.91 Å². The summed E-state index contributed by atoms with van der Waals surface area (Å²) >= 11 is 2.21. The standard InChI is InChI=1S/C15H16IN3O3/c1-18(2)12-5-8-7-19(15(22)9(8)6-10(12)16)11-3-4-13(20)17-14(11)21/h5-6,11H,3-4,7H2,1-2H3,(H,17,20,21). The molecule has 3 rings (SSSR count). The van der Waals surface area contributed by atoms with Crippen molar-refractivity contribution in [3.05, 3.63) is 26.8 Å². The largest absolute Gasteiger partial charge is 0.377 e. The molecule has 1 fully saturated rings. The van der Waals surface area contributed by atoms with Crippen LogP contribution in [0.25, 0.3) is 0 Å². The first-order chi connectivity index (χ1) is 10.4. The van der Waals surface area contributed by atoms with E-state index in [1.165, 1.54) is 0 Å². The molecule has 2 aliphatic heterocycles. The second-order valence-electron chi connectivity index (χ2n) is 5.76. The van der Waals surface area contributed by atoms with E-state index < -0.39 is 6.04 Å². The molecule has 116 valence electrons. The first-order valence-corrected chi connectivity index (χ1v) is 8.10. The Balaban J connectivity index is 1.91. The molecule has 0 spiro atoms. The van der Waals surface area contributed by atoms with Gasteiger partial charge in [0, 0.05) is 36.2 Å². The van der Waals surface area contributed by atoms with Crippen molar-refractivity contribution < 1.29 is 14.4 Å². The Labute approximate surface area is 142 Å². The van der Waals surface area contributed by atoms with Crippen LogP contribution in [0.5, 0.6) is 0 Å². The van der Waals surface area contributed by atoms with Gasteiger partial charge in [-0.25, -0.2) is 0 Å². The first-order valence-electron chi connectivity index (χ1n) is 7.03. The van der Waals surface area contributed by atoms with E-state index >= 15 is 0 Å². The predicted octanol–water partition coefficient (Wildman–Crippen LogP) is 1.12. The zero-order valence-electron chi connectivity index (χ0n) is 12.4. The van der Waals surface area contributed by atoms with Crippen molar-refractivity contribution >= 4 is 46.0 Å². The summed E-state index contributed by atoms with van der Waals surface area (Å²) in [5.74, 6) is -0.775. The number of carbonyl (C=O) groups excluding carboxylic acids is 3. The second-order valence-corrected chi connectivity index (χ2v) is 6.92. The third-order valence-electron chi connectivity index (χ3n) is 4.07. The molecule has 1 atom stereocenters. The number of halogens is 1. The van der Waals surface area contributed by atoms with E-state index in [1.54, 1.807) is 4.90 Å². The van der Waals surface area contributed by atoms with Crippen LogP contribution in [0, 0.1) is 3.57 Å². The second kappa shape index (κ2) is 5.53. The van der Waals surface area contributed by atoms with Crippen LogP contribution in [-0.4, -0.2) is 42.8 Å². The average molecular weight is 413 g/mol. The Kier molecular flexibility index (Phi) is 3.84. The zero-order valence-corrected chi connectivity index (χ0v) is 14.5. The Morgan fingerprint density at radius 3 is 2.64 bits per heavy atom. The minimum absolute atomic E-state index is 0.132. The van der Waals surface area contributed by atoms with Gasteiger partial charge < -0.3 is 9.80 Å². The maximum Gasteiger partial charge on any atom is 0.255 e. The minimum atomic E-state index is -0.557. The summed E-state index contributed by atoms with van der Waals surface area (Å²) in [6.45, 7) is 0.415. The zero-order chi connectivity index (χ0) is 16.0. The number of carbonyl (C=O) groups is 3. The number of nitrogens with one attached hydrogen (secondary N) is 1. The number of hydrogen-bond donors (Lipinski definition) is 1. The predicted molar refractivity (Wildman–Crippen MR) is 89.5 cm³/mol. The van der Waals surface area contributed by atoms with Crippen molar-refractivity contribution in [1.82, 2.24) is 10.2 Å². The lowest BCUT2D eigenvalue weighted by atomic mass is 10.0. The third-order valence-corrected chi connectivity index (χ3v) is 4.94. The number of nitrogens with zero attached hydrogens (tertiary/aromatic N) is 2. The molecule has 1 saturated heterocycles. The summed E-state index contributed by atoms with van der Waals surface area (Å²) < 4.78 is 1.000. The van der Waals surface area contributed by atoms with E-state index in [0.29, 0.717) is 18.5 Å². The van der Waals surface area contributed by atoms with Crippen LogP contribution >= 0.6 is 22.6 Å². The van der Waals surface area contributed by atoms with E-state index in [9.17, 15) is 14.4 Å². The molecule has 2 aliphatic rings. The van der Waals surface area contributed by atoms with E-state index in [4.69, 9.17) is 0 Å². The van der Waals surface area contributed by atoms with E-state index in [-0.39, 0.29) is 24.1 Å². The molecule has 0 bridgehead atoms. The van der Waals surface area contributed by atoms with Gasteiger partial charge in [-0.1, -0.05) is 0 Å². The fourth-order valence-corrected chi connectivity index (χ4v) is 3.87. The monoisotopic (exact) mass is 413 g/mol. The molecule has 0 aromatic heterocycles. The summed E-state index contributed by atoms with van der Waals surface area (Å²) in [5.41, 5.74) is 2.63. The summed E-state index contributed by atoms with van der Waals surface area (Å²) in [6.07, 6.45) is 0.666. The van der Waals surface area contributed by atoms with Crippen molar-refractivity contribution in [3.8, 4) is 0 Å². The number of imide groups is 1. The molecule has 0 aliphatic carbocycles. The highest BCUT2D eigenvalue weighted by molar-refractivity contribution is 14.1. The number of hydrogen-bond acceptors (Lipinski definition) is 4. The number of piperidine rings is 1. The maximum absolute atomic E-state index is 12.6. The number of fused-ring (bicyclic) bond motifs is 1. The fraction of sp³-hybridized carbons (Fsp3) is 0.400. The molecule has 0 radical (unpaired) electrons. The van der Waals surface area contributed by atoms with Gasteiger partial charge in [-0.05, 0) is 46.7 Å². The topological polar surface area (TPSA) is 69.7 Å². The summed E-state index contributed by atoms with van der Waals surface area (Å²) in [6, 6.07) is 3.32. The molecular formula is C15H16IN3O3. The van der Waals surface area contributed by atoms with Gasteiger partial charge in [0.05, 0.1) is 5.69 Å². The molecule has 6 nitrogen and oxygen atoms in total. The molecule has 1 aromatic carbocycles. The average Bonchev–Trinajstić information content (AvgIpc) is 2.75. The molecular weight excluding hydrogens is 397 g/mol. The Morgan fingerprint density at radius 1 is 1.27 bits per heavy atom. The summed E-state index contributed by atoms with van der Waals surface area (Å²) in [7, 11) is 3.91. The highest BCUT2D eigenvalue weighted by Crippen LogP contribution is 2.33. The highest BCUT2D eigenvalue weighted by Gasteiger charge is 2.39. The lowest BCUT2D eigenvalue weighted by Gasteiger charge is -2.29. The van der Waals surface area contributed by atoms with E-state index in [2.05, 4.69) is 27.9 Å². The maximum atomic E-state index is 12.6. The van der Waals surface area contributed by atoms with Gasteiger partial charge in [0.2, 0.25) is 11.8 Å². The number of amides is 3. The SMILES string of the molecule is CN(C)c1cc2c(cc1I)C(=O)N(C1CCC(=O)NC1=O)C2. The smallest absolute Gasteiger partial charge is 0.255 e. The van der Waals surface area contributed by atoms with Crippen LogP contribution < -0.4 is 10.2 Å². The van der Waals surface area contributed by atoms with Crippen LogP contribution in [0.3, 0.4) is 0 Å².